The molecule has 2 aliphatic carbocycles. The largest absolute Gasteiger partial charge is 0.372 e. The SMILES string of the molecule is CNc1cc2c(nn1)CCN(c1cc(C3CC3)nc(C3CC3)n1)C2. The molecular formula is C18H22N6. The van der Waals surface area contributed by atoms with Gasteiger partial charge in [0.05, 0.1) is 5.69 Å². The lowest BCUT2D eigenvalue weighted by Crippen LogP contribution is -2.32. The van der Waals surface area contributed by atoms with Gasteiger partial charge < -0.3 is 10.2 Å². The lowest BCUT2D eigenvalue weighted by molar-refractivity contribution is 0.682. The van der Waals surface area contributed by atoms with Crippen LogP contribution in [0.3, 0.4) is 0 Å². The Morgan fingerprint density at radius 3 is 2.62 bits per heavy atom. The summed E-state index contributed by atoms with van der Waals surface area (Å²) in [7, 11) is 1.88. The minimum absolute atomic E-state index is 0.598. The highest BCUT2D eigenvalue weighted by Gasteiger charge is 2.32. The molecule has 1 aliphatic heterocycles. The molecule has 6 nitrogen and oxygen atoms in total. The summed E-state index contributed by atoms with van der Waals surface area (Å²) in [4.78, 5) is 12.1. The Labute approximate surface area is 141 Å². The predicted octanol–water partition coefficient (Wildman–Crippen LogP) is 2.63. The van der Waals surface area contributed by atoms with Gasteiger partial charge in [-0.15, -0.1) is 5.10 Å². The van der Waals surface area contributed by atoms with Crippen LogP contribution in [0, 0.1) is 0 Å². The van der Waals surface area contributed by atoms with Gasteiger partial charge in [-0.2, -0.15) is 5.10 Å². The summed E-state index contributed by atoms with van der Waals surface area (Å²) in [6, 6.07) is 4.33. The Bertz CT molecular complexity index is 751. The molecule has 24 heavy (non-hydrogen) atoms. The fraction of sp³-hybridized carbons (Fsp3) is 0.556. The standard InChI is InChI=1S/C18H22N6/c1-19-16-8-13-10-24(7-6-14(13)22-23-16)17-9-15(11-2-3-11)20-18(21-17)12-4-5-12/h8-9,11-12H,2-7,10H2,1H3,(H,19,23). The lowest BCUT2D eigenvalue weighted by atomic mass is 10.1. The third-order valence-corrected chi connectivity index (χ3v) is 5.21. The molecule has 0 atom stereocenters. The van der Waals surface area contributed by atoms with Crippen molar-refractivity contribution in [1.82, 2.24) is 20.2 Å². The molecule has 0 spiro atoms. The van der Waals surface area contributed by atoms with E-state index in [9.17, 15) is 0 Å². The molecule has 124 valence electrons. The summed E-state index contributed by atoms with van der Waals surface area (Å²) in [6.45, 7) is 1.80. The highest BCUT2D eigenvalue weighted by atomic mass is 15.2. The Kier molecular flexibility index (Phi) is 3.18. The molecule has 0 unspecified atom stereocenters. The minimum Gasteiger partial charge on any atom is -0.372 e. The molecule has 1 N–H and O–H groups in total. The number of rotatable bonds is 4. The van der Waals surface area contributed by atoms with E-state index in [1.165, 1.54) is 36.9 Å². The second-order valence-electron chi connectivity index (χ2n) is 7.18. The number of aromatic nitrogens is 4. The second-order valence-corrected chi connectivity index (χ2v) is 7.18. The number of fused-ring (bicyclic) bond motifs is 1. The van der Waals surface area contributed by atoms with Gasteiger partial charge in [0.1, 0.15) is 17.5 Å². The minimum atomic E-state index is 0.598. The van der Waals surface area contributed by atoms with Crippen LogP contribution >= 0.6 is 0 Å². The fourth-order valence-corrected chi connectivity index (χ4v) is 3.39. The first kappa shape index (κ1) is 14.1. The van der Waals surface area contributed by atoms with Crippen molar-refractivity contribution >= 4 is 11.6 Å². The molecule has 2 saturated carbocycles. The van der Waals surface area contributed by atoms with Crippen LogP contribution in [0.1, 0.15) is 60.3 Å². The van der Waals surface area contributed by atoms with Crippen molar-refractivity contribution in [3.8, 4) is 0 Å². The summed E-state index contributed by atoms with van der Waals surface area (Å²) < 4.78 is 0. The zero-order valence-electron chi connectivity index (χ0n) is 14.0. The van der Waals surface area contributed by atoms with Gasteiger partial charge >= 0.3 is 0 Å². The lowest BCUT2D eigenvalue weighted by Gasteiger charge is -2.29. The molecule has 2 fully saturated rings. The Balaban J connectivity index is 1.47. The zero-order valence-corrected chi connectivity index (χ0v) is 14.0. The Morgan fingerprint density at radius 1 is 1.04 bits per heavy atom. The molecule has 0 saturated heterocycles. The highest BCUT2D eigenvalue weighted by Crippen LogP contribution is 2.43. The van der Waals surface area contributed by atoms with Gasteiger partial charge in [-0.25, -0.2) is 9.97 Å². The molecular weight excluding hydrogens is 300 g/mol. The average Bonchev–Trinajstić information content (AvgIpc) is 3.51. The van der Waals surface area contributed by atoms with E-state index in [4.69, 9.17) is 9.97 Å². The average molecular weight is 322 g/mol. The second kappa shape index (κ2) is 5.40. The van der Waals surface area contributed by atoms with Crippen molar-refractivity contribution in [1.29, 1.82) is 0 Å². The molecule has 0 radical (unpaired) electrons. The molecule has 2 aromatic rings. The van der Waals surface area contributed by atoms with Crippen LogP contribution in [-0.2, 0) is 13.0 Å². The van der Waals surface area contributed by atoms with Crippen molar-refractivity contribution in [3.63, 3.8) is 0 Å². The third kappa shape index (κ3) is 2.60. The van der Waals surface area contributed by atoms with E-state index in [1.54, 1.807) is 0 Å². The summed E-state index contributed by atoms with van der Waals surface area (Å²) in [5, 5.41) is 11.6. The van der Waals surface area contributed by atoms with Crippen LogP contribution in [0.25, 0.3) is 0 Å². The zero-order chi connectivity index (χ0) is 16.1. The maximum atomic E-state index is 4.91. The number of hydrogen-bond acceptors (Lipinski definition) is 6. The van der Waals surface area contributed by atoms with E-state index < -0.39 is 0 Å². The van der Waals surface area contributed by atoms with Crippen molar-refractivity contribution in [3.05, 3.63) is 34.9 Å². The Hall–Kier alpha value is -2.24. The molecule has 2 aromatic heterocycles. The van der Waals surface area contributed by atoms with Crippen LogP contribution < -0.4 is 10.2 Å². The smallest absolute Gasteiger partial charge is 0.148 e. The normalized spacial score (nSPS) is 20.0. The van der Waals surface area contributed by atoms with E-state index in [1.807, 2.05) is 7.05 Å². The number of hydrogen-bond donors (Lipinski definition) is 1. The first-order valence-corrected chi connectivity index (χ1v) is 8.97. The number of nitrogens with zero attached hydrogens (tertiary/aromatic N) is 5. The van der Waals surface area contributed by atoms with Gasteiger partial charge in [-0.1, -0.05) is 0 Å². The van der Waals surface area contributed by atoms with Gasteiger partial charge in [0.15, 0.2) is 0 Å². The topological polar surface area (TPSA) is 66.8 Å². The molecule has 3 heterocycles. The highest BCUT2D eigenvalue weighted by molar-refractivity contribution is 5.47. The van der Waals surface area contributed by atoms with Gasteiger partial charge in [0, 0.05) is 50.2 Å². The van der Waals surface area contributed by atoms with E-state index in [0.29, 0.717) is 11.8 Å². The van der Waals surface area contributed by atoms with Crippen LogP contribution in [0.4, 0.5) is 11.6 Å². The predicted molar refractivity (Wildman–Crippen MR) is 92.3 cm³/mol. The maximum absolute atomic E-state index is 4.91. The van der Waals surface area contributed by atoms with Crippen molar-refractivity contribution in [2.24, 2.45) is 0 Å². The number of nitrogens with one attached hydrogen (secondary N) is 1. The van der Waals surface area contributed by atoms with Gasteiger partial charge in [-0.05, 0) is 37.3 Å². The Morgan fingerprint density at radius 2 is 1.88 bits per heavy atom. The first-order valence-electron chi connectivity index (χ1n) is 8.97. The molecule has 5 rings (SSSR count). The summed E-state index contributed by atoms with van der Waals surface area (Å²) in [6.07, 6.45) is 5.98. The molecule has 0 bridgehead atoms. The summed E-state index contributed by atoms with van der Waals surface area (Å²) in [5.41, 5.74) is 3.63. The third-order valence-electron chi connectivity index (χ3n) is 5.21. The van der Waals surface area contributed by atoms with E-state index in [0.717, 1.165) is 42.7 Å². The summed E-state index contributed by atoms with van der Waals surface area (Å²) >= 11 is 0. The van der Waals surface area contributed by atoms with Crippen molar-refractivity contribution < 1.29 is 0 Å². The molecule has 0 aromatic carbocycles. The maximum Gasteiger partial charge on any atom is 0.148 e. The molecule has 3 aliphatic rings. The van der Waals surface area contributed by atoms with Crippen LogP contribution in [0.5, 0.6) is 0 Å². The van der Waals surface area contributed by atoms with Crippen LogP contribution in [0.15, 0.2) is 12.1 Å². The van der Waals surface area contributed by atoms with Crippen molar-refractivity contribution in [2.75, 3.05) is 23.8 Å². The van der Waals surface area contributed by atoms with Crippen LogP contribution in [0.2, 0.25) is 0 Å². The van der Waals surface area contributed by atoms with E-state index >= 15 is 0 Å². The van der Waals surface area contributed by atoms with E-state index in [-0.39, 0.29) is 0 Å². The monoisotopic (exact) mass is 322 g/mol. The van der Waals surface area contributed by atoms with Gasteiger partial charge in [0.25, 0.3) is 0 Å². The fourth-order valence-electron chi connectivity index (χ4n) is 3.39. The van der Waals surface area contributed by atoms with Crippen molar-refractivity contribution in [2.45, 2.75) is 50.5 Å². The first-order chi connectivity index (χ1) is 11.8. The van der Waals surface area contributed by atoms with E-state index in [2.05, 4.69) is 32.5 Å². The van der Waals surface area contributed by atoms with Gasteiger partial charge in [-0.3, -0.25) is 0 Å². The number of anilines is 2. The van der Waals surface area contributed by atoms with Gasteiger partial charge in [0.2, 0.25) is 0 Å². The van der Waals surface area contributed by atoms with Crippen LogP contribution in [-0.4, -0.2) is 33.8 Å². The molecule has 0 amide bonds. The summed E-state index contributed by atoms with van der Waals surface area (Å²) in [5.74, 6) is 4.27. The molecule has 6 heteroatoms. The quantitative estimate of drug-likeness (QED) is 0.933.